The molecule has 14 nitrogen and oxygen atoms in total. The zero-order chi connectivity index (χ0) is 30.0. The summed E-state index contributed by atoms with van der Waals surface area (Å²) in [6, 6.07) is 0.550. The van der Waals surface area contributed by atoms with Crippen molar-refractivity contribution in [1.29, 1.82) is 0 Å². The van der Waals surface area contributed by atoms with E-state index in [1.807, 2.05) is 32.7 Å². The first-order valence-corrected chi connectivity index (χ1v) is 15.1. The molecular weight excluding hydrogens is 540 g/mol. The molecule has 2 unspecified atom stereocenters. The molecule has 4 saturated heterocycles. The minimum absolute atomic E-state index is 0.0750. The normalized spacial score (nSPS) is 26.0. The van der Waals surface area contributed by atoms with Gasteiger partial charge in [-0.3, -0.25) is 15.0 Å². The molecule has 0 aromatic carbocycles. The summed E-state index contributed by atoms with van der Waals surface area (Å²) < 4.78 is 5.52. The molecule has 0 spiro atoms. The van der Waals surface area contributed by atoms with Gasteiger partial charge in [0.05, 0.1) is 18.4 Å². The number of amides is 4. The number of anilines is 2. The fourth-order valence-corrected chi connectivity index (χ4v) is 6.27. The first-order valence-electron chi connectivity index (χ1n) is 15.1. The van der Waals surface area contributed by atoms with Crippen LogP contribution in [0.1, 0.15) is 56.9 Å². The Kier molecular flexibility index (Phi) is 8.92. The highest BCUT2D eigenvalue weighted by Gasteiger charge is 2.35. The Morgan fingerprint density at radius 3 is 2.43 bits per heavy atom. The van der Waals surface area contributed by atoms with Gasteiger partial charge in [0.1, 0.15) is 11.4 Å². The number of likely N-dealkylation sites (N-methyl/N-ethyl adjacent to an activating group) is 1. The van der Waals surface area contributed by atoms with Gasteiger partial charge in [0.25, 0.3) is 5.91 Å². The summed E-state index contributed by atoms with van der Waals surface area (Å²) in [6.07, 6.45) is 4.96. The van der Waals surface area contributed by atoms with Gasteiger partial charge in [-0.1, -0.05) is 0 Å². The molecule has 5 rings (SSSR count). The molecule has 5 heterocycles. The molecule has 0 radical (unpaired) electrons. The van der Waals surface area contributed by atoms with E-state index in [0.717, 1.165) is 65.0 Å². The Labute approximate surface area is 247 Å². The summed E-state index contributed by atoms with van der Waals surface area (Å²) >= 11 is 0. The van der Waals surface area contributed by atoms with Crippen molar-refractivity contribution in [1.82, 2.24) is 34.9 Å². The van der Waals surface area contributed by atoms with Crippen molar-refractivity contribution in [3.63, 3.8) is 0 Å². The maximum Gasteiger partial charge on any atom is 0.410 e. The Hall–Kier alpha value is -3.39. The SMILES string of the molecule is CN1CCN([C@@H]2CCCN(c3cnc(C(N)=O)c(NC4CCC(N5CCN(C(=O)OC(C)(C)C)CC5)CN4)n3)C2)C1=O. The minimum atomic E-state index is -0.629. The topological polar surface area (TPSA) is 152 Å². The molecule has 42 heavy (non-hydrogen) atoms. The van der Waals surface area contributed by atoms with Crippen molar-refractivity contribution >= 4 is 29.7 Å². The number of nitrogens with one attached hydrogen (secondary N) is 2. The molecule has 4 amide bonds. The fraction of sp³-hybridized carbons (Fsp3) is 0.750. The predicted octanol–water partition coefficient (Wildman–Crippen LogP) is 0.954. The summed E-state index contributed by atoms with van der Waals surface area (Å²) in [4.78, 5) is 56.4. The highest BCUT2D eigenvalue weighted by molar-refractivity contribution is 5.95. The lowest BCUT2D eigenvalue weighted by Gasteiger charge is -2.42. The van der Waals surface area contributed by atoms with Crippen LogP contribution in [0.4, 0.5) is 21.2 Å². The number of aromatic nitrogens is 2. The summed E-state index contributed by atoms with van der Waals surface area (Å²) in [5, 5.41) is 6.94. The van der Waals surface area contributed by atoms with Crippen molar-refractivity contribution in [2.24, 2.45) is 5.73 Å². The smallest absolute Gasteiger partial charge is 0.410 e. The van der Waals surface area contributed by atoms with Crippen LogP contribution >= 0.6 is 0 Å². The Morgan fingerprint density at radius 2 is 1.81 bits per heavy atom. The van der Waals surface area contributed by atoms with Gasteiger partial charge in [0, 0.05) is 72.0 Å². The zero-order valence-corrected chi connectivity index (χ0v) is 25.3. The average Bonchev–Trinajstić information content (AvgIpc) is 3.30. The van der Waals surface area contributed by atoms with Crippen LogP contribution in [-0.4, -0.2) is 137 Å². The molecular formula is C28H46N10O4. The number of nitrogens with two attached hydrogens (primary N) is 1. The third kappa shape index (κ3) is 6.97. The first-order chi connectivity index (χ1) is 20.0. The van der Waals surface area contributed by atoms with Crippen LogP contribution in [-0.2, 0) is 4.74 Å². The molecule has 4 aliphatic rings. The van der Waals surface area contributed by atoms with E-state index in [9.17, 15) is 14.4 Å². The van der Waals surface area contributed by atoms with Gasteiger partial charge in [-0.05, 0) is 46.5 Å². The van der Waals surface area contributed by atoms with Gasteiger partial charge >= 0.3 is 12.1 Å². The lowest BCUT2D eigenvalue weighted by molar-refractivity contribution is 0.00859. The molecule has 14 heteroatoms. The van der Waals surface area contributed by atoms with Crippen LogP contribution in [0.5, 0.6) is 0 Å². The van der Waals surface area contributed by atoms with E-state index in [1.54, 1.807) is 16.0 Å². The first kappa shape index (κ1) is 30.1. The second kappa shape index (κ2) is 12.5. The number of piperidine rings is 2. The number of ether oxygens (including phenoxy) is 1. The van der Waals surface area contributed by atoms with E-state index >= 15 is 0 Å². The van der Waals surface area contributed by atoms with E-state index in [2.05, 4.69) is 25.4 Å². The third-order valence-corrected chi connectivity index (χ3v) is 8.58. The van der Waals surface area contributed by atoms with Crippen molar-refractivity contribution in [2.75, 3.05) is 76.2 Å². The minimum Gasteiger partial charge on any atom is -0.444 e. The third-order valence-electron chi connectivity index (χ3n) is 8.58. The maximum atomic E-state index is 12.6. The molecule has 0 saturated carbocycles. The highest BCUT2D eigenvalue weighted by Crippen LogP contribution is 2.26. The van der Waals surface area contributed by atoms with Crippen molar-refractivity contribution in [3.05, 3.63) is 11.9 Å². The van der Waals surface area contributed by atoms with Gasteiger partial charge in [-0.15, -0.1) is 0 Å². The molecule has 0 aliphatic carbocycles. The maximum absolute atomic E-state index is 12.6. The second-order valence-electron chi connectivity index (χ2n) is 12.8. The van der Waals surface area contributed by atoms with Crippen LogP contribution in [0, 0.1) is 0 Å². The molecule has 1 aromatic rings. The Balaban J connectivity index is 1.16. The molecule has 232 valence electrons. The lowest BCUT2D eigenvalue weighted by atomic mass is 10.0. The number of rotatable bonds is 6. The van der Waals surface area contributed by atoms with E-state index in [4.69, 9.17) is 15.5 Å². The Morgan fingerprint density at radius 1 is 1.05 bits per heavy atom. The van der Waals surface area contributed by atoms with E-state index in [-0.39, 0.29) is 30.0 Å². The zero-order valence-electron chi connectivity index (χ0n) is 25.3. The van der Waals surface area contributed by atoms with Crippen molar-refractivity contribution in [3.8, 4) is 0 Å². The number of nitrogens with zero attached hydrogens (tertiary/aromatic N) is 7. The summed E-state index contributed by atoms with van der Waals surface area (Å²) in [6.45, 7) is 12.3. The molecule has 4 aliphatic heterocycles. The van der Waals surface area contributed by atoms with Crippen LogP contribution < -0.4 is 21.3 Å². The monoisotopic (exact) mass is 586 g/mol. The van der Waals surface area contributed by atoms with Crippen LogP contribution in [0.15, 0.2) is 6.20 Å². The molecule has 4 N–H and O–H groups in total. The van der Waals surface area contributed by atoms with Crippen LogP contribution in [0.3, 0.4) is 0 Å². The van der Waals surface area contributed by atoms with Crippen molar-refractivity contribution < 1.29 is 19.1 Å². The standard InChI is InChI=1S/C28H46N10O4/c1-28(2,3)42-27(41)36-13-11-35(12-14-36)19-7-8-21(30-16-19)32-25-23(24(29)39)31-17-22(33-25)37-9-5-6-20(18-37)38-15-10-34(4)26(38)40/h17,19-21,30H,5-16,18H2,1-4H3,(H2,29,39)(H,32,33)/t19?,20-,21?/m1/s1. The number of piperazine rings is 1. The number of urea groups is 1. The van der Waals surface area contributed by atoms with E-state index in [1.165, 1.54) is 0 Å². The second-order valence-corrected chi connectivity index (χ2v) is 12.8. The average molecular weight is 587 g/mol. The fourth-order valence-electron chi connectivity index (χ4n) is 6.27. The predicted molar refractivity (Wildman–Crippen MR) is 158 cm³/mol. The number of carbonyl (C=O) groups is 3. The van der Waals surface area contributed by atoms with Crippen LogP contribution in [0.2, 0.25) is 0 Å². The highest BCUT2D eigenvalue weighted by atomic mass is 16.6. The van der Waals surface area contributed by atoms with Gasteiger partial charge in [0.15, 0.2) is 11.5 Å². The van der Waals surface area contributed by atoms with Crippen LogP contribution in [0.25, 0.3) is 0 Å². The van der Waals surface area contributed by atoms with Gasteiger partial charge < -0.3 is 35.4 Å². The van der Waals surface area contributed by atoms with Gasteiger partial charge in [0.2, 0.25) is 0 Å². The molecule has 0 bridgehead atoms. The van der Waals surface area contributed by atoms with Gasteiger partial charge in [-0.25, -0.2) is 19.6 Å². The summed E-state index contributed by atoms with van der Waals surface area (Å²) in [5.41, 5.74) is 5.28. The lowest BCUT2D eigenvalue weighted by Crippen LogP contribution is -2.58. The van der Waals surface area contributed by atoms with Gasteiger partial charge in [-0.2, -0.15) is 0 Å². The number of primary amides is 1. The molecule has 1 aromatic heterocycles. The summed E-state index contributed by atoms with van der Waals surface area (Å²) in [5.74, 6) is 0.417. The molecule has 4 fully saturated rings. The summed E-state index contributed by atoms with van der Waals surface area (Å²) in [7, 11) is 1.84. The molecule has 3 atom stereocenters. The number of hydrogen-bond donors (Lipinski definition) is 3. The quantitative estimate of drug-likeness (QED) is 0.439. The van der Waals surface area contributed by atoms with Crippen molar-refractivity contribution in [2.45, 2.75) is 70.3 Å². The Bertz CT molecular complexity index is 1140. The van der Waals surface area contributed by atoms with E-state index < -0.39 is 11.5 Å². The number of hydrogen-bond acceptors (Lipinski definition) is 10. The van der Waals surface area contributed by atoms with E-state index in [0.29, 0.717) is 37.3 Å². The number of carbonyl (C=O) groups excluding carboxylic acids is 3. The largest absolute Gasteiger partial charge is 0.444 e.